The van der Waals surface area contributed by atoms with Crippen molar-refractivity contribution in [3.63, 3.8) is 0 Å². The van der Waals surface area contributed by atoms with E-state index in [1.54, 1.807) is 0 Å². The number of benzene rings is 2. The first-order valence-corrected chi connectivity index (χ1v) is 8.24. The molecular formula is C20H18ClNO. The Morgan fingerprint density at radius 2 is 1.91 bits per heavy atom. The molecule has 0 spiro atoms. The second-order valence-electron chi connectivity index (χ2n) is 5.85. The summed E-state index contributed by atoms with van der Waals surface area (Å²) >= 11 is 6.28. The fourth-order valence-electron chi connectivity index (χ4n) is 3.44. The summed E-state index contributed by atoms with van der Waals surface area (Å²) in [5.41, 5.74) is 6.25. The van der Waals surface area contributed by atoms with E-state index >= 15 is 0 Å². The molecule has 2 aromatic carbocycles. The van der Waals surface area contributed by atoms with Crippen LogP contribution < -0.4 is 0 Å². The molecule has 0 radical (unpaired) electrons. The van der Waals surface area contributed by atoms with Gasteiger partial charge in [-0.25, -0.2) is 0 Å². The van der Waals surface area contributed by atoms with Crippen LogP contribution in [0, 0.1) is 0 Å². The number of aryl methyl sites for hydroxylation is 1. The second-order valence-corrected chi connectivity index (χ2v) is 6.29. The molecule has 0 saturated carbocycles. The van der Waals surface area contributed by atoms with Gasteiger partial charge in [-0.1, -0.05) is 48.0 Å². The molecule has 2 nitrogen and oxygen atoms in total. The molecule has 2 heterocycles. The van der Waals surface area contributed by atoms with Gasteiger partial charge in [0.1, 0.15) is 0 Å². The monoisotopic (exact) mass is 323 g/mol. The van der Waals surface area contributed by atoms with Gasteiger partial charge in [-0.3, -0.25) is 0 Å². The molecule has 3 aromatic rings. The van der Waals surface area contributed by atoms with E-state index in [1.165, 1.54) is 33.3 Å². The zero-order valence-electron chi connectivity index (χ0n) is 13.1. The lowest BCUT2D eigenvalue weighted by molar-refractivity contribution is 0.164. The summed E-state index contributed by atoms with van der Waals surface area (Å²) in [7, 11) is 2.12. The maximum absolute atomic E-state index is 6.28. The summed E-state index contributed by atoms with van der Waals surface area (Å²) in [6.45, 7) is 1.38. The zero-order chi connectivity index (χ0) is 15.8. The van der Waals surface area contributed by atoms with E-state index in [-0.39, 0.29) is 0 Å². The van der Waals surface area contributed by atoms with Gasteiger partial charge < -0.3 is 9.30 Å². The lowest BCUT2D eigenvalue weighted by Crippen LogP contribution is -2.09. The zero-order valence-corrected chi connectivity index (χ0v) is 13.8. The Balaban J connectivity index is 2.06. The van der Waals surface area contributed by atoms with Crippen molar-refractivity contribution in [2.75, 3.05) is 13.2 Å². The van der Waals surface area contributed by atoms with E-state index in [0.717, 1.165) is 18.1 Å². The minimum Gasteiger partial charge on any atom is -0.377 e. The molecule has 1 aliphatic rings. The van der Waals surface area contributed by atoms with Crippen LogP contribution >= 0.6 is 11.6 Å². The minimum absolute atomic E-state index is 0.640. The lowest BCUT2D eigenvalue weighted by atomic mass is 9.93. The van der Waals surface area contributed by atoms with Gasteiger partial charge in [0.05, 0.1) is 13.2 Å². The normalized spacial score (nSPS) is 17.2. The average Bonchev–Trinajstić information content (AvgIpc) is 2.80. The highest BCUT2D eigenvalue weighted by molar-refractivity contribution is 6.31. The highest BCUT2D eigenvalue weighted by atomic mass is 35.5. The van der Waals surface area contributed by atoms with Crippen molar-refractivity contribution in [1.29, 1.82) is 0 Å². The van der Waals surface area contributed by atoms with Gasteiger partial charge >= 0.3 is 0 Å². The first kappa shape index (κ1) is 14.6. The topological polar surface area (TPSA) is 14.2 Å². The molecule has 0 aliphatic carbocycles. The fraction of sp³-hybridized carbons (Fsp3) is 0.200. The molecule has 0 fully saturated rings. The molecule has 0 bridgehead atoms. The SMILES string of the molecule is Cn1c2c(c3cc(Cl)ccc31)/C(c1ccccc1)=C\COCC2. The van der Waals surface area contributed by atoms with Gasteiger partial charge in [0.25, 0.3) is 0 Å². The van der Waals surface area contributed by atoms with Crippen LogP contribution in [-0.2, 0) is 18.2 Å². The Morgan fingerprint density at radius 3 is 2.74 bits per heavy atom. The predicted molar refractivity (Wildman–Crippen MR) is 96.0 cm³/mol. The van der Waals surface area contributed by atoms with Crippen molar-refractivity contribution in [1.82, 2.24) is 4.57 Å². The number of halogens is 1. The quantitative estimate of drug-likeness (QED) is 0.625. The van der Waals surface area contributed by atoms with Gasteiger partial charge in [-0.05, 0) is 29.3 Å². The van der Waals surface area contributed by atoms with Crippen LogP contribution in [0.25, 0.3) is 16.5 Å². The highest BCUT2D eigenvalue weighted by Crippen LogP contribution is 2.37. The summed E-state index contributed by atoms with van der Waals surface area (Å²) in [4.78, 5) is 0. The fourth-order valence-corrected chi connectivity index (χ4v) is 3.61. The standard InChI is InChI=1S/C20H18ClNO/c1-22-18-8-7-15(21)13-17(18)20-16(14-5-3-2-4-6-14)9-11-23-12-10-19(20)22/h2-9,13H,10-12H2,1H3/b16-9-. The van der Waals surface area contributed by atoms with Crippen LogP contribution in [0.3, 0.4) is 0 Å². The molecule has 0 saturated heterocycles. The van der Waals surface area contributed by atoms with Gasteiger partial charge in [-0.2, -0.15) is 0 Å². The van der Waals surface area contributed by atoms with Crippen LogP contribution in [-0.4, -0.2) is 17.8 Å². The summed E-state index contributed by atoms with van der Waals surface area (Å²) in [6.07, 6.45) is 3.09. The maximum Gasteiger partial charge on any atom is 0.0656 e. The first-order chi connectivity index (χ1) is 11.3. The number of rotatable bonds is 1. The Morgan fingerprint density at radius 1 is 1.09 bits per heavy atom. The molecule has 23 heavy (non-hydrogen) atoms. The van der Waals surface area contributed by atoms with Crippen molar-refractivity contribution >= 4 is 28.1 Å². The summed E-state index contributed by atoms with van der Waals surface area (Å²) in [5.74, 6) is 0. The van der Waals surface area contributed by atoms with Gasteiger partial charge in [0.2, 0.25) is 0 Å². The summed E-state index contributed by atoms with van der Waals surface area (Å²) in [5, 5.41) is 1.99. The van der Waals surface area contributed by atoms with Crippen molar-refractivity contribution < 1.29 is 4.74 Å². The number of fused-ring (bicyclic) bond motifs is 3. The third kappa shape index (κ3) is 2.48. The molecule has 1 aromatic heterocycles. The van der Waals surface area contributed by atoms with Crippen molar-refractivity contribution in [2.24, 2.45) is 7.05 Å². The van der Waals surface area contributed by atoms with Crippen molar-refractivity contribution in [3.8, 4) is 0 Å². The van der Waals surface area contributed by atoms with E-state index in [0.29, 0.717) is 6.61 Å². The average molecular weight is 324 g/mol. The Hall–Kier alpha value is -2.03. The molecule has 4 rings (SSSR count). The van der Waals surface area contributed by atoms with E-state index < -0.39 is 0 Å². The van der Waals surface area contributed by atoms with Crippen LogP contribution in [0.5, 0.6) is 0 Å². The van der Waals surface area contributed by atoms with E-state index in [1.807, 2.05) is 12.1 Å². The molecule has 0 unspecified atom stereocenters. The summed E-state index contributed by atoms with van der Waals surface area (Å²) in [6, 6.07) is 16.6. The minimum atomic E-state index is 0.640. The van der Waals surface area contributed by atoms with Gasteiger partial charge in [0, 0.05) is 40.7 Å². The Kier molecular flexibility index (Phi) is 3.72. The third-order valence-electron chi connectivity index (χ3n) is 4.53. The van der Waals surface area contributed by atoms with Crippen LogP contribution in [0.2, 0.25) is 5.02 Å². The van der Waals surface area contributed by atoms with Crippen LogP contribution in [0.15, 0.2) is 54.6 Å². The predicted octanol–water partition coefficient (Wildman–Crippen LogP) is 4.84. The Bertz CT molecular complexity index is 893. The molecule has 0 amide bonds. The second kappa shape index (κ2) is 5.88. The van der Waals surface area contributed by atoms with Crippen molar-refractivity contribution in [2.45, 2.75) is 6.42 Å². The molecule has 3 heteroatoms. The molecule has 1 aliphatic heterocycles. The van der Waals surface area contributed by atoms with E-state index in [4.69, 9.17) is 16.3 Å². The van der Waals surface area contributed by atoms with Crippen LogP contribution in [0.4, 0.5) is 0 Å². The largest absolute Gasteiger partial charge is 0.377 e. The lowest BCUT2D eigenvalue weighted by Gasteiger charge is -2.15. The summed E-state index contributed by atoms with van der Waals surface area (Å²) < 4.78 is 8.01. The number of hydrogen-bond acceptors (Lipinski definition) is 1. The smallest absolute Gasteiger partial charge is 0.0656 e. The number of ether oxygens (including phenoxy) is 1. The highest BCUT2D eigenvalue weighted by Gasteiger charge is 2.20. The maximum atomic E-state index is 6.28. The van der Waals surface area contributed by atoms with E-state index in [9.17, 15) is 0 Å². The molecule has 116 valence electrons. The van der Waals surface area contributed by atoms with E-state index in [2.05, 4.69) is 54.1 Å². The molecular weight excluding hydrogens is 306 g/mol. The van der Waals surface area contributed by atoms with Gasteiger partial charge in [0.15, 0.2) is 0 Å². The molecule has 0 atom stereocenters. The van der Waals surface area contributed by atoms with Gasteiger partial charge in [-0.15, -0.1) is 0 Å². The first-order valence-electron chi connectivity index (χ1n) is 7.86. The van der Waals surface area contributed by atoms with Crippen molar-refractivity contribution in [3.05, 3.63) is 76.5 Å². The number of hydrogen-bond donors (Lipinski definition) is 0. The molecule has 0 N–H and O–H groups in total. The number of nitrogens with zero attached hydrogens (tertiary/aromatic N) is 1. The Labute approximate surface area is 141 Å². The number of aromatic nitrogens is 1. The third-order valence-corrected chi connectivity index (χ3v) is 4.76. The van der Waals surface area contributed by atoms with Crippen LogP contribution in [0.1, 0.15) is 16.8 Å².